The van der Waals surface area contributed by atoms with E-state index in [1.54, 1.807) is 19.2 Å². The quantitative estimate of drug-likeness (QED) is 0.177. The summed E-state index contributed by atoms with van der Waals surface area (Å²) in [6.45, 7) is 5.72. The molecular formula is C23H22BrI2N3O4. The third-order valence-corrected chi connectivity index (χ3v) is 7.15. The molecule has 2 atom stereocenters. The Labute approximate surface area is 227 Å². The average molecular weight is 738 g/mol. The molecule has 0 radical (unpaired) electrons. The fraction of sp³-hybridized carbons (Fsp3) is 0.304. The van der Waals surface area contributed by atoms with Crippen LogP contribution in [0.15, 0.2) is 44.7 Å². The summed E-state index contributed by atoms with van der Waals surface area (Å²) in [6.07, 6.45) is 1.73. The van der Waals surface area contributed by atoms with Crippen molar-refractivity contribution in [2.24, 2.45) is 5.10 Å². The average Bonchev–Trinajstić information content (AvgIpc) is 2.79. The molecule has 33 heavy (non-hydrogen) atoms. The molecule has 0 fully saturated rings. The number of hydrogen-bond donors (Lipinski definition) is 0. The molecule has 0 bridgehead atoms. The van der Waals surface area contributed by atoms with E-state index in [2.05, 4.69) is 73.1 Å². The van der Waals surface area contributed by atoms with Gasteiger partial charge in [0.2, 0.25) is 0 Å². The van der Waals surface area contributed by atoms with Crippen molar-refractivity contribution in [1.29, 1.82) is 0 Å². The van der Waals surface area contributed by atoms with Crippen LogP contribution >= 0.6 is 61.1 Å². The highest BCUT2D eigenvalue weighted by molar-refractivity contribution is 14.1. The van der Waals surface area contributed by atoms with Crippen LogP contribution in [0.4, 0.5) is 0 Å². The second kappa shape index (κ2) is 11.3. The van der Waals surface area contributed by atoms with Gasteiger partial charge in [-0.25, -0.2) is 9.78 Å². The van der Waals surface area contributed by atoms with E-state index in [9.17, 15) is 9.59 Å². The van der Waals surface area contributed by atoms with Crippen molar-refractivity contribution in [2.75, 3.05) is 7.11 Å². The van der Waals surface area contributed by atoms with Gasteiger partial charge < -0.3 is 9.47 Å². The molecule has 0 unspecified atom stereocenters. The van der Waals surface area contributed by atoms with Gasteiger partial charge in [0.05, 0.1) is 31.4 Å². The maximum Gasteiger partial charge on any atom is 0.346 e. The molecule has 0 spiro atoms. The number of rotatable bonds is 7. The van der Waals surface area contributed by atoms with E-state index in [4.69, 9.17) is 14.5 Å². The summed E-state index contributed by atoms with van der Waals surface area (Å²) in [5, 5.41) is 5.02. The molecule has 0 aliphatic rings. The van der Waals surface area contributed by atoms with E-state index in [0.717, 1.165) is 23.6 Å². The van der Waals surface area contributed by atoms with Gasteiger partial charge in [0, 0.05) is 10.4 Å². The highest BCUT2D eigenvalue weighted by atomic mass is 127. The van der Waals surface area contributed by atoms with E-state index < -0.39 is 12.1 Å². The van der Waals surface area contributed by atoms with Gasteiger partial charge in [-0.1, -0.05) is 29.8 Å². The van der Waals surface area contributed by atoms with Gasteiger partial charge in [-0.2, -0.15) is 9.78 Å². The highest BCUT2D eigenvalue weighted by Gasteiger charge is 2.19. The Balaban J connectivity index is 2.04. The highest BCUT2D eigenvalue weighted by Crippen LogP contribution is 2.30. The van der Waals surface area contributed by atoms with E-state index in [1.165, 1.54) is 11.8 Å². The third kappa shape index (κ3) is 5.94. The monoisotopic (exact) mass is 737 g/mol. The number of hydrogen-bond acceptors (Lipinski definition) is 6. The SMILES string of the molecule is CC[C@@H](C)c1nc2ccc(Br)cc2c(=O)n1N=Cc1cc(I)c(O[C@@H](C)C(=O)OC)c(I)c1. The van der Waals surface area contributed by atoms with Gasteiger partial charge in [0.25, 0.3) is 5.56 Å². The molecule has 0 aliphatic carbocycles. The Bertz CT molecular complexity index is 1270. The Hall–Kier alpha value is -1.54. The van der Waals surface area contributed by atoms with Crippen LogP contribution in [0.1, 0.15) is 44.5 Å². The van der Waals surface area contributed by atoms with Crippen molar-refractivity contribution in [3.05, 3.63) is 63.7 Å². The van der Waals surface area contributed by atoms with Gasteiger partial charge >= 0.3 is 5.97 Å². The molecule has 1 aromatic heterocycles. The Morgan fingerprint density at radius 1 is 1.24 bits per heavy atom. The molecule has 0 N–H and O–H groups in total. The standard InChI is InChI=1S/C23H22BrI2N3O4/c1-5-12(2)21-28-19-7-6-15(24)10-16(19)22(30)29(21)27-11-14-8-17(25)20(18(26)9-14)33-13(3)23(31)32-4/h6-13H,5H2,1-4H3/t12-,13+/m1/s1. The van der Waals surface area contributed by atoms with Crippen molar-refractivity contribution in [3.8, 4) is 5.75 Å². The fourth-order valence-electron chi connectivity index (χ4n) is 3.06. The normalized spacial score (nSPS) is 13.3. The van der Waals surface area contributed by atoms with Gasteiger partial charge in [0.15, 0.2) is 6.10 Å². The molecule has 3 aromatic rings. The molecule has 0 saturated carbocycles. The number of aromatic nitrogens is 2. The van der Waals surface area contributed by atoms with Gasteiger partial charge in [-0.15, -0.1) is 0 Å². The summed E-state index contributed by atoms with van der Waals surface area (Å²) in [7, 11) is 1.33. The third-order valence-electron chi connectivity index (χ3n) is 5.06. The van der Waals surface area contributed by atoms with Crippen LogP contribution in [0.3, 0.4) is 0 Å². The second-order valence-electron chi connectivity index (χ2n) is 7.40. The number of nitrogens with zero attached hydrogens (tertiary/aromatic N) is 3. The van der Waals surface area contributed by atoms with Crippen molar-refractivity contribution < 1.29 is 14.3 Å². The van der Waals surface area contributed by atoms with Crippen LogP contribution in [0.5, 0.6) is 5.75 Å². The molecule has 1 heterocycles. The first kappa shape index (κ1) is 26.1. The summed E-state index contributed by atoms with van der Waals surface area (Å²) in [5.41, 5.74) is 1.22. The van der Waals surface area contributed by atoms with Crippen LogP contribution in [-0.2, 0) is 9.53 Å². The van der Waals surface area contributed by atoms with Crippen LogP contribution in [-0.4, -0.2) is 35.1 Å². The van der Waals surface area contributed by atoms with Crippen LogP contribution in [0.25, 0.3) is 10.9 Å². The van der Waals surface area contributed by atoms with Crippen molar-refractivity contribution in [3.63, 3.8) is 0 Å². The van der Waals surface area contributed by atoms with Gasteiger partial charge in [-0.3, -0.25) is 4.79 Å². The number of carbonyl (C=O) groups is 1. The van der Waals surface area contributed by atoms with E-state index >= 15 is 0 Å². The molecular weight excluding hydrogens is 716 g/mol. The molecule has 7 nitrogen and oxygen atoms in total. The predicted molar refractivity (Wildman–Crippen MR) is 149 cm³/mol. The van der Waals surface area contributed by atoms with Gasteiger partial charge in [0.1, 0.15) is 11.6 Å². The Morgan fingerprint density at radius 2 is 1.91 bits per heavy atom. The first-order valence-electron chi connectivity index (χ1n) is 10.2. The maximum atomic E-state index is 13.3. The minimum atomic E-state index is -0.726. The number of benzene rings is 2. The molecule has 2 aromatic carbocycles. The lowest BCUT2D eigenvalue weighted by atomic mass is 10.1. The Kier molecular flexibility index (Phi) is 8.89. The van der Waals surface area contributed by atoms with E-state index in [-0.39, 0.29) is 11.5 Å². The maximum absolute atomic E-state index is 13.3. The van der Waals surface area contributed by atoms with Gasteiger partial charge in [-0.05, 0) is 94.4 Å². The molecule has 0 amide bonds. The number of carbonyl (C=O) groups excluding carboxylic acids is 1. The number of halogens is 3. The minimum Gasteiger partial charge on any atom is -0.477 e. The molecule has 3 rings (SSSR count). The first-order valence-corrected chi connectivity index (χ1v) is 13.1. The number of ether oxygens (including phenoxy) is 2. The summed E-state index contributed by atoms with van der Waals surface area (Å²) in [6, 6.07) is 9.23. The van der Waals surface area contributed by atoms with Crippen LogP contribution in [0.2, 0.25) is 0 Å². The zero-order valence-electron chi connectivity index (χ0n) is 18.4. The molecule has 174 valence electrons. The van der Waals surface area contributed by atoms with E-state index in [1.807, 2.05) is 31.2 Å². The Morgan fingerprint density at radius 3 is 2.52 bits per heavy atom. The summed E-state index contributed by atoms with van der Waals surface area (Å²) in [4.78, 5) is 29.7. The van der Waals surface area contributed by atoms with Crippen molar-refractivity contribution >= 4 is 84.2 Å². The van der Waals surface area contributed by atoms with Crippen LogP contribution < -0.4 is 10.3 Å². The number of fused-ring (bicyclic) bond motifs is 1. The lowest BCUT2D eigenvalue weighted by Crippen LogP contribution is -2.25. The lowest BCUT2D eigenvalue weighted by molar-refractivity contribution is -0.147. The first-order chi connectivity index (χ1) is 15.7. The zero-order valence-corrected chi connectivity index (χ0v) is 24.3. The predicted octanol–water partition coefficient (Wildman–Crippen LogP) is 5.70. The largest absolute Gasteiger partial charge is 0.477 e. The summed E-state index contributed by atoms with van der Waals surface area (Å²) in [5.74, 6) is 0.823. The molecule has 10 heteroatoms. The lowest BCUT2D eigenvalue weighted by Gasteiger charge is -2.16. The topological polar surface area (TPSA) is 82.8 Å². The number of methoxy groups -OCH3 is 1. The minimum absolute atomic E-state index is 0.0544. The fourth-order valence-corrected chi connectivity index (χ4v) is 5.49. The zero-order chi connectivity index (χ0) is 24.3. The summed E-state index contributed by atoms with van der Waals surface area (Å²) < 4.78 is 14.3. The number of esters is 1. The van der Waals surface area contributed by atoms with Crippen molar-refractivity contribution in [1.82, 2.24) is 9.66 Å². The smallest absolute Gasteiger partial charge is 0.346 e. The van der Waals surface area contributed by atoms with E-state index in [0.29, 0.717) is 22.5 Å². The molecule has 0 aliphatic heterocycles. The van der Waals surface area contributed by atoms with Crippen LogP contribution in [0, 0.1) is 7.14 Å². The molecule has 0 saturated heterocycles. The van der Waals surface area contributed by atoms with Crippen molar-refractivity contribution in [2.45, 2.75) is 39.2 Å². The summed E-state index contributed by atoms with van der Waals surface area (Å²) >= 11 is 7.72. The second-order valence-corrected chi connectivity index (χ2v) is 10.6.